The minimum absolute atomic E-state index is 0.100. The number of hydrogen-bond donors (Lipinski definition) is 3. The molecule has 0 fully saturated rings. The molecule has 0 aliphatic heterocycles. The van der Waals surface area contributed by atoms with E-state index in [4.69, 9.17) is 16.7 Å². The smallest absolute Gasteiger partial charge is 0.303 e. The van der Waals surface area contributed by atoms with Crippen LogP contribution in [0.5, 0.6) is 0 Å². The Morgan fingerprint density at radius 2 is 1.54 bits per heavy atom. The molecule has 194 valence electrons. The predicted molar refractivity (Wildman–Crippen MR) is 137 cm³/mol. The first kappa shape index (κ1) is 27.8. The lowest BCUT2D eigenvalue weighted by molar-refractivity contribution is -0.137. The minimum Gasteiger partial charge on any atom is -0.481 e. The van der Waals surface area contributed by atoms with Gasteiger partial charge in [0.05, 0.1) is 0 Å². The number of hydrogen-bond acceptors (Lipinski definition) is 3. The van der Waals surface area contributed by atoms with Crippen molar-refractivity contribution in [1.82, 2.24) is 10.6 Å². The quantitative estimate of drug-likeness (QED) is 0.329. The summed E-state index contributed by atoms with van der Waals surface area (Å²) in [6.45, 7) is 3.65. The fraction of sp³-hybridized carbons (Fsp3) is 0.250. The van der Waals surface area contributed by atoms with Crippen LogP contribution in [0.15, 0.2) is 66.7 Å². The van der Waals surface area contributed by atoms with Gasteiger partial charge in [0, 0.05) is 22.5 Å². The van der Waals surface area contributed by atoms with Gasteiger partial charge in [-0.1, -0.05) is 41.9 Å². The van der Waals surface area contributed by atoms with Crippen LogP contribution in [0, 0.1) is 11.6 Å². The van der Waals surface area contributed by atoms with Crippen molar-refractivity contribution in [2.45, 2.75) is 44.7 Å². The summed E-state index contributed by atoms with van der Waals surface area (Å²) in [7, 11) is 0. The molecule has 6 nitrogen and oxygen atoms in total. The monoisotopic (exact) mass is 528 g/mol. The van der Waals surface area contributed by atoms with Crippen molar-refractivity contribution in [3.8, 4) is 11.1 Å². The summed E-state index contributed by atoms with van der Waals surface area (Å²) in [5, 5.41) is 15.2. The number of carboxylic acid groups (broad SMARTS) is 1. The summed E-state index contributed by atoms with van der Waals surface area (Å²) >= 11 is 5.93. The zero-order valence-corrected chi connectivity index (χ0v) is 21.1. The van der Waals surface area contributed by atoms with Crippen LogP contribution in [0.4, 0.5) is 8.78 Å². The van der Waals surface area contributed by atoms with Crippen LogP contribution in [0.1, 0.15) is 42.6 Å². The van der Waals surface area contributed by atoms with E-state index in [-0.39, 0.29) is 18.4 Å². The van der Waals surface area contributed by atoms with Crippen LogP contribution in [0.25, 0.3) is 11.1 Å². The largest absolute Gasteiger partial charge is 0.481 e. The molecule has 0 saturated heterocycles. The second-order valence-corrected chi connectivity index (χ2v) is 9.78. The standard InChI is InChI=1S/C28H27ClF2N2O4/c1-28(2,16-17-3-10-21(29)11-4-17)33-27(37)24(13-14-25(34)35)32-26(36)19-7-5-18(6-8-19)20-9-12-22(30)23(31)15-20/h3-12,15,24H,13-14,16H2,1-2H3,(H,32,36)(H,33,37)(H,34,35)/t24-/m0/s1. The molecule has 0 spiro atoms. The Balaban J connectivity index is 1.70. The Hall–Kier alpha value is -3.78. The van der Waals surface area contributed by atoms with Gasteiger partial charge < -0.3 is 15.7 Å². The van der Waals surface area contributed by atoms with Crippen LogP contribution >= 0.6 is 11.6 Å². The summed E-state index contributed by atoms with van der Waals surface area (Å²) in [5.74, 6) is -4.11. The van der Waals surface area contributed by atoms with Crippen molar-refractivity contribution >= 4 is 29.4 Å². The average Bonchev–Trinajstić information content (AvgIpc) is 2.84. The van der Waals surface area contributed by atoms with Gasteiger partial charge in [0.15, 0.2) is 11.6 Å². The second-order valence-electron chi connectivity index (χ2n) is 9.34. The highest BCUT2D eigenvalue weighted by molar-refractivity contribution is 6.30. The molecule has 0 aliphatic carbocycles. The number of amides is 2. The summed E-state index contributed by atoms with van der Waals surface area (Å²) < 4.78 is 26.8. The molecule has 3 N–H and O–H groups in total. The molecule has 0 unspecified atom stereocenters. The van der Waals surface area contributed by atoms with Crippen LogP contribution < -0.4 is 10.6 Å². The maximum Gasteiger partial charge on any atom is 0.303 e. The number of aliphatic carboxylic acids is 1. The Kier molecular flexibility index (Phi) is 8.99. The number of halogens is 3. The SMILES string of the molecule is CC(C)(Cc1ccc(Cl)cc1)NC(=O)[C@H](CCC(=O)O)NC(=O)c1ccc(-c2ccc(F)c(F)c2)cc1. The zero-order chi connectivity index (χ0) is 27.2. The lowest BCUT2D eigenvalue weighted by Crippen LogP contribution is -2.54. The lowest BCUT2D eigenvalue weighted by atomic mass is 9.94. The van der Waals surface area contributed by atoms with Crippen molar-refractivity contribution in [2.24, 2.45) is 0 Å². The van der Waals surface area contributed by atoms with Crippen molar-refractivity contribution in [3.05, 3.63) is 94.5 Å². The predicted octanol–water partition coefficient (Wildman–Crippen LogP) is 5.39. The average molecular weight is 529 g/mol. The highest BCUT2D eigenvalue weighted by Crippen LogP contribution is 2.22. The Labute approximate surface area is 218 Å². The van der Waals surface area contributed by atoms with Gasteiger partial charge in [-0.3, -0.25) is 14.4 Å². The minimum atomic E-state index is -1.09. The number of carbonyl (C=O) groups is 3. The van der Waals surface area contributed by atoms with E-state index in [2.05, 4.69) is 10.6 Å². The molecule has 0 saturated carbocycles. The molecule has 3 aromatic rings. The molecule has 3 aromatic carbocycles. The molecule has 0 aliphatic rings. The van der Waals surface area contributed by atoms with E-state index in [0.717, 1.165) is 17.7 Å². The molecule has 2 amide bonds. The maximum atomic E-state index is 13.6. The van der Waals surface area contributed by atoms with Gasteiger partial charge in [-0.2, -0.15) is 0 Å². The van der Waals surface area contributed by atoms with Crippen LogP contribution in [0.2, 0.25) is 5.02 Å². The highest BCUT2D eigenvalue weighted by Gasteiger charge is 2.28. The maximum absolute atomic E-state index is 13.6. The number of carboxylic acids is 1. The third-order valence-electron chi connectivity index (χ3n) is 5.69. The van der Waals surface area contributed by atoms with E-state index in [1.54, 1.807) is 24.3 Å². The van der Waals surface area contributed by atoms with Gasteiger partial charge in [-0.25, -0.2) is 8.78 Å². The van der Waals surface area contributed by atoms with E-state index >= 15 is 0 Å². The van der Waals surface area contributed by atoms with Gasteiger partial charge in [-0.05, 0) is 79.8 Å². The van der Waals surface area contributed by atoms with Crippen molar-refractivity contribution in [3.63, 3.8) is 0 Å². The number of benzene rings is 3. The van der Waals surface area contributed by atoms with Crippen LogP contribution in [-0.2, 0) is 16.0 Å². The molecule has 1 atom stereocenters. The third kappa shape index (κ3) is 8.11. The Morgan fingerprint density at radius 3 is 2.14 bits per heavy atom. The van der Waals surface area contributed by atoms with Crippen LogP contribution in [-0.4, -0.2) is 34.5 Å². The van der Waals surface area contributed by atoms with Gasteiger partial charge in [0.25, 0.3) is 5.91 Å². The van der Waals surface area contributed by atoms with Crippen molar-refractivity contribution in [1.29, 1.82) is 0 Å². The van der Waals surface area contributed by atoms with Gasteiger partial charge in [0.1, 0.15) is 6.04 Å². The van der Waals surface area contributed by atoms with Gasteiger partial charge in [0.2, 0.25) is 5.91 Å². The summed E-state index contributed by atoms with van der Waals surface area (Å²) in [6.07, 6.45) is 0.0723. The fourth-order valence-corrected chi connectivity index (χ4v) is 3.97. The first-order chi connectivity index (χ1) is 17.4. The van der Waals surface area contributed by atoms with E-state index < -0.39 is 41.0 Å². The van der Waals surface area contributed by atoms with Gasteiger partial charge in [-0.15, -0.1) is 0 Å². The fourth-order valence-electron chi connectivity index (χ4n) is 3.85. The first-order valence-corrected chi connectivity index (χ1v) is 12.0. The molecular formula is C28H27ClF2N2O4. The Morgan fingerprint density at radius 1 is 0.919 bits per heavy atom. The molecule has 37 heavy (non-hydrogen) atoms. The van der Waals surface area contributed by atoms with Crippen molar-refractivity contribution in [2.75, 3.05) is 0 Å². The van der Waals surface area contributed by atoms with E-state index in [9.17, 15) is 23.2 Å². The van der Waals surface area contributed by atoms with Gasteiger partial charge >= 0.3 is 5.97 Å². The molecule has 9 heteroatoms. The second kappa shape index (κ2) is 12.0. The molecule has 3 rings (SSSR count). The molecule has 0 heterocycles. The van der Waals surface area contributed by atoms with E-state index in [0.29, 0.717) is 22.6 Å². The topological polar surface area (TPSA) is 95.5 Å². The van der Waals surface area contributed by atoms with E-state index in [1.807, 2.05) is 26.0 Å². The molecule has 0 aromatic heterocycles. The molecule has 0 radical (unpaired) electrons. The lowest BCUT2D eigenvalue weighted by Gasteiger charge is -2.29. The first-order valence-electron chi connectivity index (χ1n) is 11.6. The van der Waals surface area contributed by atoms with E-state index in [1.165, 1.54) is 18.2 Å². The third-order valence-corrected chi connectivity index (χ3v) is 5.94. The summed E-state index contributed by atoms with van der Waals surface area (Å²) in [4.78, 5) is 37.1. The Bertz CT molecular complexity index is 1280. The zero-order valence-electron chi connectivity index (χ0n) is 20.4. The van der Waals surface area contributed by atoms with Crippen molar-refractivity contribution < 1.29 is 28.3 Å². The summed E-state index contributed by atoms with van der Waals surface area (Å²) in [5.41, 5.74) is 1.48. The molecular weight excluding hydrogens is 502 g/mol. The molecule has 0 bridgehead atoms. The highest BCUT2D eigenvalue weighted by atomic mass is 35.5. The normalized spacial score (nSPS) is 12.0. The number of carbonyl (C=O) groups excluding carboxylic acids is 2. The van der Waals surface area contributed by atoms with Crippen LogP contribution in [0.3, 0.4) is 0 Å². The number of rotatable bonds is 10. The number of nitrogens with one attached hydrogen (secondary N) is 2. The summed E-state index contributed by atoms with van der Waals surface area (Å²) in [6, 6.07) is 15.7.